The molecule has 0 aliphatic carbocycles. The zero-order chi connectivity index (χ0) is 17.1. The first-order chi connectivity index (χ1) is 12.3. The van der Waals surface area contributed by atoms with Crippen molar-refractivity contribution in [1.82, 2.24) is 19.9 Å². The van der Waals surface area contributed by atoms with Gasteiger partial charge < -0.3 is 10.2 Å². The van der Waals surface area contributed by atoms with Crippen molar-refractivity contribution in [2.24, 2.45) is 0 Å². The van der Waals surface area contributed by atoms with Crippen LogP contribution in [-0.4, -0.2) is 52.2 Å². The van der Waals surface area contributed by atoms with Crippen molar-refractivity contribution in [3.63, 3.8) is 0 Å². The van der Waals surface area contributed by atoms with E-state index in [-0.39, 0.29) is 23.1 Å². The SMILES string of the molecule is Br.CC(Nc1nccc2ccccc12)N1CCN(c2ncccn2)CC1. The Hall–Kier alpha value is -2.25. The predicted octanol–water partition coefficient (Wildman–Crippen LogP) is 3.18. The standard InChI is InChI=1S/C19H22N6.BrH/c1-15(23-18-17-6-3-2-5-16(17)7-10-20-18)24-11-13-25(14-12-24)19-21-8-4-9-22-19;/h2-10,15H,11-14H2,1H3,(H,20,23);1H. The van der Waals surface area contributed by atoms with E-state index in [1.807, 2.05) is 18.3 Å². The van der Waals surface area contributed by atoms with E-state index in [2.05, 4.69) is 61.3 Å². The lowest BCUT2D eigenvalue weighted by Crippen LogP contribution is -2.52. The van der Waals surface area contributed by atoms with Crippen LogP contribution in [0.3, 0.4) is 0 Å². The fourth-order valence-corrected chi connectivity index (χ4v) is 3.29. The zero-order valence-electron chi connectivity index (χ0n) is 14.7. The molecule has 0 amide bonds. The minimum Gasteiger partial charge on any atom is -0.354 e. The molecule has 2 aromatic heterocycles. The molecule has 6 nitrogen and oxygen atoms in total. The fourth-order valence-electron chi connectivity index (χ4n) is 3.29. The Balaban J connectivity index is 0.00000196. The number of nitrogens with one attached hydrogen (secondary N) is 1. The van der Waals surface area contributed by atoms with Crippen LogP contribution in [0.25, 0.3) is 10.8 Å². The number of aromatic nitrogens is 3. The number of nitrogens with zero attached hydrogens (tertiary/aromatic N) is 5. The second-order valence-electron chi connectivity index (χ2n) is 6.27. The van der Waals surface area contributed by atoms with E-state index in [9.17, 15) is 0 Å². The van der Waals surface area contributed by atoms with Crippen LogP contribution in [0.15, 0.2) is 55.0 Å². The molecule has 1 fully saturated rings. The molecule has 0 saturated carbocycles. The summed E-state index contributed by atoms with van der Waals surface area (Å²) in [5, 5.41) is 5.94. The van der Waals surface area contributed by atoms with E-state index < -0.39 is 0 Å². The molecule has 3 heterocycles. The third-order valence-electron chi connectivity index (χ3n) is 4.72. The van der Waals surface area contributed by atoms with Gasteiger partial charge in [-0.25, -0.2) is 15.0 Å². The average molecular weight is 415 g/mol. The Morgan fingerprint density at radius 1 is 0.885 bits per heavy atom. The summed E-state index contributed by atoms with van der Waals surface area (Å²) in [5.41, 5.74) is 0. The molecule has 1 aliphatic heterocycles. The van der Waals surface area contributed by atoms with E-state index in [1.54, 1.807) is 12.4 Å². The maximum absolute atomic E-state index is 4.54. The molecule has 0 radical (unpaired) electrons. The topological polar surface area (TPSA) is 57.2 Å². The Kier molecular flexibility index (Phi) is 6.00. The molecular weight excluding hydrogens is 392 g/mol. The van der Waals surface area contributed by atoms with Crippen molar-refractivity contribution in [2.75, 3.05) is 36.4 Å². The molecule has 3 aromatic rings. The smallest absolute Gasteiger partial charge is 0.225 e. The van der Waals surface area contributed by atoms with Crippen molar-refractivity contribution in [3.05, 3.63) is 55.0 Å². The van der Waals surface area contributed by atoms with Crippen molar-refractivity contribution < 1.29 is 0 Å². The van der Waals surface area contributed by atoms with Gasteiger partial charge in [0.05, 0.1) is 6.17 Å². The lowest BCUT2D eigenvalue weighted by atomic mass is 10.1. The molecule has 7 heteroatoms. The van der Waals surface area contributed by atoms with E-state index in [1.165, 1.54) is 5.39 Å². The first kappa shape index (κ1) is 18.5. The van der Waals surface area contributed by atoms with Crippen molar-refractivity contribution in [1.29, 1.82) is 0 Å². The highest BCUT2D eigenvalue weighted by Crippen LogP contribution is 2.22. The summed E-state index contributed by atoms with van der Waals surface area (Å²) in [6, 6.07) is 12.2. The number of rotatable bonds is 4. The van der Waals surface area contributed by atoms with Gasteiger partial charge >= 0.3 is 0 Å². The number of hydrogen-bond donors (Lipinski definition) is 1. The molecule has 26 heavy (non-hydrogen) atoms. The monoisotopic (exact) mass is 414 g/mol. The highest BCUT2D eigenvalue weighted by molar-refractivity contribution is 8.93. The molecule has 1 unspecified atom stereocenters. The summed E-state index contributed by atoms with van der Waals surface area (Å²) in [5.74, 6) is 1.76. The number of halogens is 1. The number of anilines is 2. The first-order valence-corrected chi connectivity index (χ1v) is 8.67. The second kappa shape index (κ2) is 8.42. The summed E-state index contributed by atoms with van der Waals surface area (Å²) >= 11 is 0. The molecule has 4 rings (SSSR count). The number of pyridine rings is 1. The van der Waals surface area contributed by atoms with E-state index in [0.29, 0.717) is 0 Å². The van der Waals surface area contributed by atoms with Gasteiger partial charge in [-0.05, 0) is 24.4 Å². The van der Waals surface area contributed by atoms with E-state index in [0.717, 1.165) is 43.3 Å². The van der Waals surface area contributed by atoms with Gasteiger partial charge in [-0.15, -0.1) is 17.0 Å². The Morgan fingerprint density at radius 2 is 1.62 bits per heavy atom. The van der Waals surface area contributed by atoms with Gasteiger partial charge in [0, 0.05) is 50.2 Å². The molecule has 0 bridgehead atoms. The van der Waals surface area contributed by atoms with Crippen LogP contribution in [0.1, 0.15) is 6.92 Å². The molecule has 136 valence electrons. The van der Waals surface area contributed by atoms with Crippen molar-refractivity contribution >= 4 is 39.5 Å². The average Bonchev–Trinajstić information content (AvgIpc) is 2.69. The van der Waals surface area contributed by atoms with Crippen LogP contribution < -0.4 is 10.2 Å². The number of fused-ring (bicyclic) bond motifs is 1. The predicted molar refractivity (Wildman–Crippen MR) is 111 cm³/mol. The minimum atomic E-state index is 0. The van der Waals surface area contributed by atoms with Crippen LogP contribution in [0, 0.1) is 0 Å². The highest BCUT2D eigenvalue weighted by atomic mass is 79.9. The fraction of sp³-hybridized carbons (Fsp3) is 0.316. The van der Waals surface area contributed by atoms with E-state index >= 15 is 0 Å². The van der Waals surface area contributed by atoms with Crippen LogP contribution in [0.4, 0.5) is 11.8 Å². The lowest BCUT2D eigenvalue weighted by molar-refractivity contribution is 0.214. The first-order valence-electron chi connectivity index (χ1n) is 8.67. The van der Waals surface area contributed by atoms with Crippen LogP contribution in [-0.2, 0) is 0 Å². The molecule has 1 saturated heterocycles. The summed E-state index contributed by atoms with van der Waals surface area (Å²) < 4.78 is 0. The lowest BCUT2D eigenvalue weighted by Gasteiger charge is -2.38. The Bertz CT molecular complexity index is 830. The van der Waals surface area contributed by atoms with Crippen molar-refractivity contribution in [3.8, 4) is 0 Å². The largest absolute Gasteiger partial charge is 0.354 e. The van der Waals surface area contributed by atoms with Gasteiger partial charge in [0.15, 0.2) is 0 Å². The molecule has 1 atom stereocenters. The minimum absolute atomic E-state index is 0. The van der Waals surface area contributed by atoms with Crippen LogP contribution in [0.5, 0.6) is 0 Å². The van der Waals surface area contributed by atoms with Crippen molar-refractivity contribution in [2.45, 2.75) is 13.1 Å². The summed E-state index contributed by atoms with van der Waals surface area (Å²) in [7, 11) is 0. The van der Waals surface area contributed by atoms with Gasteiger partial charge in [-0.1, -0.05) is 24.3 Å². The summed E-state index contributed by atoms with van der Waals surface area (Å²) in [6.45, 7) is 5.99. The normalized spacial score (nSPS) is 16.1. The molecule has 0 spiro atoms. The van der Waals surface area contributed by atoms with Gasteiger partial charge in [0.1, 0.15) is 5.82 Å². The maximum Gasteiger partial charge on any atom is 0.225 e. The highest BCUT2D eigenvalue weighted by Gasteiger charge is 2.22. The summed E-state index contributed by atoms with van der Waals surface area (Å²) in [6.07, 6.45) is 5.68. The summed E-state index contributed by atoms with van der Waals surface area (Å²) in [4.78, 5) is 17.9. The molecule has 1 aromatic carbocycles. The van der Waals surface area contributed by atoms with Gasteiger partial charge in [-0.2, -0.15) is 0 Å². The molecule has 1 N–H and O–H groups in total. The number of hydrogen-bond acceptors (Lipinski definition) is 6. The van der Waals surface area contributed by atoms with Crippen LogP contribution in [0.2, 0.25) is 0 Å². The van der Waals surface area contributed by atoms with Gasteiger partial charge in [0.25, 0.3) is 0 Å². The molecule has 1 aliphatic rings. The van der Waals surface area contributed by atoms with Gasteiger partial charge in [0.2, 0.25) is 5.95 Å². The Labute approximate surface area is 164 Å². The second-order valence-corrected chi connectivity index (χ2v) is 6.27. The quantitative estimate of drug-likeness (QED) is 0.707. The third-order valence-corrected chi connectivity index (χ3v) is 4.72. The molecular formula is C19H23BrN6. The third kappa shape index (κ3) is 3.94. The number of benzene rings is 1. The Morgan fingerprint density at radius 3 is 2.38 bits per heavy atom. The zero-order valence-corrected chi connectivity index (χ0v) is 16.5. The van der Waals surface area contributed by atoms with E-state index in [4.69, 9.17) is 0 Å². The van der Waals surface area contributed by atoms with Gasteiger partial charge in [-0.3, -0.25) is 4.90 Å². The number of piperazine rings is 1. The van der Waals surface area contributed by atoms with Crippen LogP contribution >= 0.6 is 17.0 Å². The maximum atomic E-state index is 4.54.